The number of hydrogen-bond donors (Lipinski definition) is 1. The summed E-state index contributed by atoms with van der Waals surface area (Å²) in [4.78, 5) is 21.7. The van der Waals surface area contributed by atoms with Crippen molar-refractivity contribution < 1.29 is 9.18 Å². The van der Waals surface area contributed by atoms with Gasteiger partial charge in [0.1, 0.15) is 11.5 Å². The van der Waals surface area contributed by atoms with Gasteiger partial charge in [0.05, 0.1) is 5.02 Å². The second-order valence-corrected chi connectivity index (χ2v) is 6.78. The summed E-state index contributed by atoms with van der Waals surface area (Å²) in [5.74, 6) is -0.548. The average molecular weight is 382 g/mol. The van der Waals surface area contributed by atoms with Crippen molar-refractivity contribution in [2.75, 3.05) is 13.1 Å². The lowest BCUT2D eigenvalue weighted by Crippen LogP contribution is -2.33. The molecule has 3 heterocycles. The van der Waals surface area contributed by atoms with Crippen molar-refractivity contribution in [2.45, 2.75) is 6.42 Å². The molecule has 0 radical (unpaired) electrons. The Labute approximate surface area is 161 Å². The number of rotatable bonds is 3. The summed E-state index contributed by atoms with van der Waals surface area (Å²) in [6, 6.07) is 8.34. The van der Waals surface area contributed by atoms with E-state index in [1.165, 1.54) is 23.8 Å². The molecule has 2 aromatic heterocycles. The second kappa shape index (κ2) is 7.37. The lowest BCUT2D eigenvalue weighted by molar-refractivity contribution is -0.125. The minimum absolute atomic E-state index is 0.0448. The standard InChI is InChI=1S/C21H17ClFN3O/c22-18-12-14(3-5-19(18)23)4-6-20(27)26-10-7-15(8-11-26)17-13-25-21-16(17)2-1-9-24-21/h1-7,9,12-13H,8,10-11H2,(H,24,25). The molecular formula is C21H17ClFN3O. The molecule has 0 aliphatic carbocycles. The van der Waals surface area contributed by atoms with Gasteiger partial charge in [0.25, 0.3) is 0 Å². The fourth-order valence-electron chi connectivity index (χ4n) is 3.22. The third-order valence-corrected chi connectivity index (χ3v) is 4.97. The van der Waals surface area contributed by atoms with Crippen LogP contribution >= 0.6 is 11.6 Å². The Kier molecular flexibility index (Phi) is 4.77. The van der Waals surface area contributed by atoms with E-state index in [0.717, 1.165) is 23.0 Å². The number of hydrogen-bond acceptors (Lipinski definition) is 2. The first-order valence-corrected chi connectivity index (χ1v) is 9.03. The van der Waals surface area contributed by atoms with E-state index in [2.05, 4.69) is 16.0 Å². The van der Waals surface area contributed by atoms with Crippen LogP contribution in [0.3, 0.4) is 0 Å². The average Bonchev–Trinajstić information content (AvgIpc) is 3.13. The van der Waals surface area contributed by atoms with Crippen LogP contribution in [0, 0.1) is 5.82 Å². The molecule has 0 fully saturated rings. The van der Waals surface area contributed by atoms with Crippen LogP contribution in [0.1, 0.15) is 17.5 Å². The predicted molar refractivity (Wildman–Crippen MR) is 106 cm³/mol. The van der Waals surface area contributed by atoms with Crippen LogP contribution in [0.15, 0.2) is 54.9 Å². The molecule has 27 heavy (non-hydrogen) atoms. The molecule has 3 aromatic rings. The third kappa shape index (κ3) is 3.64. The minimum atomic E-state index is -0.471. The fourth-order valence-corrected chi connectivity index (χ4v) is 3.41. The number of pyridine rings is 1. The zero-order chi connectivity index (χ0) is 18.8. The topological polar surface area (TPSA) is 49.0 Å². The lowest BCUT2D eigenvalue weighted by Gasteiger charge is -2.25. The zero-order valence-electron chi connectivity index (χ0n) is 14.5. The Hall–Kier alpha value is -2.92. The van der Waals surface area contributed by atoms with Gasteiger partial charge in [-0.1, -0.05) is 23.7 Å². The van der Waals surface area contributed by atoms with E-state index in [0.29, 0.717) is 18.7 Å². The van der Waals surface area contributed by atoms with Gasteiger partial charge in [-0.2, -0.15) is 0 Å². The Morgan fingerprint density at radius 1 is 1.33 bits per heavy atom. The summed E-state index contributed by atoms with van der Waals surface area (Å²) >= 11 is 5.77. The van der Waals surface area contributed by atoms with E-state index < -0.39 is 5.82 Å². The SMILES string of the molecule is O=C(C=Cc1ccc(F)c(Cl)c1)N1CC=C(c2c[nH]c3ncccc23)CC1. The predicted octanol–water partition coefficient (Wildman–Crippen LogP) is 4.68. The Morgan fingerprint density at radius 2 is 2.22 bits per heavy atom. The normalized spacial score (nSPS) is 14.7. The number of aromatic nitrogens is 2. The number of nitrogens with zero attached hydrogens (tertiary/aromatic N) is 2. The summed E-state index contributed by atoms with van der Waals surface area (Å²) in [5, 5.41) is 1.14. The van der Waals surface area contributed by atoms with Crippen LogP contribution in [0.5, 0.6) is 0 Å². The third-order valence-electron chi connectivity index (χ3n) is 4.68. The Balaban J connectivity index is 1.45. The van der Waals surface area contributed by atoms with Gasteiger partial charge >= 0.3 is 0 Å². The maximum Gasteiger partial charge on any atom is 0.246 e. The molecule has 0 unspecified atom stereocenters. The fraction of sp³-hybridized carbons (Fsp3) is 0.143. The lowest BCUT2D eigenvalue weighted by atomic mass is 9.99. The highest BCUT2D eigenvalue weighted by atomic mass is 35.5. The van der Waals surface area contributed by atoms with E-state index in [9.17, 15) is 9.18 Å². The molecule has 1 aromatic carbocycles. The maximum absolute atomic E-state index is 13.2. The summed E-state index contributed by atoms with van der Waals surface area (Å²) in [5.41, 5.74) is 3.91. The van der Waals surface area contributed by atoms with Crippen LogP contribution in [-0.2, 0) is 4.79 Å². The molecule has 1 aliphatic rings. The van der Waals surface area contributed by atoms with Gasteiger partial charge in [-0.25, -0.2) is 9.37 Å². The van der Waals surface area contributed by atoms with Crippen molar-refractivity contribution in [3.05, 3.63) is 76.8 Å². The van der Waals surface area contributed by atoms with E-state index in [-0.39, 0.29) is 10.9 Å². The van der Waals surface area contributed by atoms with Gasteiger partial charge in [-0.15, -0.1) is 0 Å². The van der Waals surface area contributed by atoms with E-state index in [4.69, 9.17) is 11.6 Å². The molecule has 136 valence electrons. The summed E-state index contributed by atoms with van der Waals surface area (Å²) in [6.45, 7) is 1.20. The van der Waals surface area contributed by atoms with Crippen molar-refractivity contribution in [1.29, 1.82) is 0 Å². The van der Waals surface area contributed by atoms with Crippen molar-refractivity contribution in [3.63, 3.8) is 0 Å². The van der Waals surface area contributed by atoms with Crippen LogP contribution in [0.4, 0.5) is 4.39 Å². The number of carbonyl (C=O) groups is 1. The molecule has 1 aliphatic heterocycles. The summed E-state index contributed by atoms with van der Waals surface area (Å²) < 4.78 is 13.2. The van der Waals surface area contributed by atoms with Gasteiger partial charge < -0.3 is 9.88 Å². The molecule has 0 atom stereocenters. The van der Waals surface area contributed by atoms with Gasteiger partial charge in [0.15, 0.2) is 0 Å². The quantitative estimate of drug-likeness (QED) is 0.669. The first-order chi connectivity index (χ1) is 13.1. The molecule has 0 saturated heterocycles. The zero-order valence-corrected chi connectivity index (χ0v) is 15.2. The van der Waals surface area contributed by atoms with E-state index >= 15 is 0 Å². The molecule has 1 amide bonds. The van der Waals surface area contributed by atoms with Crippen LogP contribution in [0.25, 0.3) is 22.7 Å². The molecule has 4 nitrogen and oxygen atoms in total. The molecule has 4 rings (SSSR count). The number of carbonyl (C=O) groups excluding carboxylic acids is 1. The highest BCUT2D eigenvalue weighted by Gasteiger charge is 2.18. The van der Waals surface area contributed by atoms with E-state index in [1.807, 2.05) is 18.3 Å². The highest BCUT2D eigenvalue weighted by Crippen LogP contribution is 2.28. The number of fused-ring (bicyclic) bond motifs is 1. The number of H-pyrrole nitrogens is 1. The van der Waals surface area contributed by atoms with Crippen LogP contribution < -0.4 is 0 Å². The molecular weight excluding hydrogens is 365 g/mol. The van der Waals surface area contributed by atoms with Crippen LogP contribution in [-0.4, -0.2) is 33.9 Å². The molecule has 0 spiro atoms. The molecule has 6 heteroatoms. The van der Waals surface area contributed by atoms with Gasteiger partial charge in [-0.3, -0.25) is 4.79 Å². The largest absolute Gasteiger partial charge is 0.346 e. The summed E-state index contributed by atoms with van der Waals surface area (Å²) in [6.07, 6.45) is 9.75. The number of amides is 1. The molecule has 1 N–H and O–H groups in total. The maximum atomic E-state index is 13.2. The van der Waals surface area contributed by atoms with Crippen molar-refractivity contribution in [1.82, 2.24) is 14.9 Å². The Bertz CT molecular complexity index is 1070. The van der Waals surface area contributed by atoms with E-state index in [1.54, 1.807) is 23.2 Å². The smallest absolute Gasteiger partial charge is 0.246 e. The van der Waals surface area contributed by atoms with Crippen LogP contribution in [0.2, 0.25) is 5.02 Å². The number of halogens is 2. The van der Waals surface area contributed by atoms with Gasteiger partial charge in [0, 0.05) is 42.5 Å². The molecule has 0 saturated carbocycles. The number of aromatic amines is 1. The highest BCUT2D eigenvalue weighted by molar-refractivity contribution is 6.30. The first kappa shape index (κ1) is 17.5. The first-order valence-electron chi connectivity index (χ1n) is 8.65. The minimum Gasteiger partial charge on any atom is -0.346 e. The summed E-state index contributed by atoms with van der Waals surface area (Å²) in [7, 11) is 0. The number of nitrogens with one attached hydrogen (secondary N) is 1. The van der Waals surface area contributed by atoms with Gasteiger partial charge in [-0.05, 0) is 47.9 Å². The number of benzene rings is 1. The van der Waals surface area contributed by atoms with Gasteiger partial charge in [0.2, 0.25) is 5.91 Å². The van der Waals surface area contributed by atoms with Crippen molar-refractivity contribution >= 4 is 40.2 Å². The monoisotopic (exact) mass is 381 g/mol. The Morgan fingerprint density at radius 3 is 3.00 bits per heavy atom. The van der Waals surface area contributed by atoms with Crippen molar-refractivity contribution in [3.8, 4) is 0 Å². The van der Waals surface area contributed by atoms with Crippen molar-refractivity contribution in [2.24, 2.45) is 0 Å². The molecule has 0 bridgehead atoms. The second-order valence-electron chi connectivity index (χ2n) is 6.37.